The molecule has 8 nitrogen and oxygen atoms in total. The van der Waals surface area contributed by atoms with Crippen LogP contribution in [0.1, 0.15) is 29.0 Å². The molecule has 2 aromatic carbocycles. The number of aromatic nitrogens is 2. The van der Waals surface area contributed by atoms with Crippen LogP contribution in [-0.2, 0) is 0 Å². The third kappa shape index (κ3) is 3.10. The molecule has 0 saturated heterocycles. The first kappa shape index (κ1) is 17.1. The maximum absolute atomic E-state index is 12.8. The minimum absolute atomic E-state index is 0.0483. The number of H-pyrrole nitrogens is 1. The number of hydrogen-bond donors (Lipinski definition) is 1. The molecular weight excluding hydrogens is 336 g/mol. The lowest BCUT2D eigenvalue weighted by molar-refractivity contribution is -0.385. The van der Waals surface area contributed by atoms with Crippen molar-refractivity contribution >= 4 is 22.5 Å². The molecule has 1 N–H and O–H groups in total. The summed E-state index contributed by atoms with van der Waals surface area (Å²) in [5, 5.41) is 20.7. The Hall–Kier alpha value is -3.73. The Morgan fingerprint density at radius 3 is 2.81 bits per heavy atom. The average Bonchev–Trinajstić information content (AvgIpc) is 3.06. The number of carbonyl (C=O) groups is 1. The van der Waals surface area contributed by atoms with Gasteiger partial charge in [0.25, 0.3) is 0 Å². The fraction of sp³-hybridized carbons (Fsp3) is 0.167. The normalized spacial score (nSPS) is 11.7. The molecule has 26 heavy (non-hydrogen) atoms. The average molecular weight is 350 g/mol. The largest absolute Gasteiger partial charge is 0.487 e. The molecule has 1 unspecified atom stereocenters. The monoisotopic (exact) mass is 350 g/mol. The van der Waals surface area contributed by atoms with Gasteiger partial charge in [0.15, 0.2) is 17.5 Å². The molecule has 0 bridgehead atoms. The molecule has 0 fully saturated rings. The van der Waals surface area contributed by atoms with E-state index >= 15 is 0 Å². The first-order valence-electron chi connectivity index (χ1n) is 7.85. The van der Waals surface area contributed by atoms with Crippen molar-refractivity contribution in [3.63, 3.8) is 0 Å². The van der Waals surface area contributed by atoms with Gasteiger partial charge >= 0.3 is 5.69 Å². The van der Waals surface area contributed by atoms with Gasteiger partial charge in [-0.3, -0.25) is 14.9 Å². The summed E-state index contributed by atoms with van der Waals surface area (Å²) in [6.45, 7) is 1.96. The van der Waals surface area contributed by atoms with E-state index in [4.69, 9.17) is 4.74 Å². The molecule has 3 rings (SSSR count). The predicted octanol–water partition coefficient (Wildman–Crippen LogP) is 3.36. The first-order chi connectivity index (χ1) is 12.5. The standard InChI is InChI=1S/C18H14N4O4/c1-2-26-16-8-7-11(9-15(16)22(24)25)17(23)12(10-19)18-20-13-5-3-4-6-14(13)21-18/h3-9,12H,2H2,1H3,(H,20,21). The number of nitriles is 1. The van der Waals surface area contributed by atoms with E-state index in [1.807, 2.05) is 12.1 Å². The number of ether oxygens (including phenoxy) is 1. The Kier molecular flexibility index (Phi) is 4.62. The number of ketones is 1. The van der Waals surface area contributed by atoms with Gasteiger partial charge in [0.05, 0.1) is 28.6 Å². The Balaban J connectivity index is 1.99. The van der Waals surface area contributed by atoms with Crippen molar-refractivity contribution in [2.75, 3.05) is 6.61 Å². The minimum Gasteiger partial charge on any atom is -0.487 e. The topological polar surface area (TPSA) is 122 Å². The number of nitrogens with one attached hydrogen (secondary N) is 1. The molecule has 0 amide bonds. The van der Waals surface area contributed by atoms with Gasteiger partial charge in [-0.25, -0.2) is 4.98 Å². The van der Waals surface area contributed by atoms with Crippen molar-refractivity contribution in [1.82, 2.24) is 9.97 Å². The van der Waals surface area contributed by atoms with Crippen LogP contribution in [-0.4, -0.2) is 27.3 Å². The van der Waals surface area contributed by atoms with Crippen LogP contribution < -0.4 is 4.74 Å². The van der Waals surface area contributed by atoms with Crippen LogP contribution in [0.5, 0.6) is 5.75 Å². The molecule has 0 aliphatic heterocycles. The second-order valence-electron chi connectivity index (χ2n) is 5.44. The molecule has 1 aromatic heterocycles. The summed E-state index contributed by atoms with van der Waals surface area (Å²) in [7, 11) is 0. The summed E-state index contributed by atoms with van der Waals surface area (Å²) >= 11 is 0. The van der Waals surface area contributed by atoms with Gasteiger partial charge in [-0.1, -0.05) is 12.1 Å². The first-order valence-corrected chi connectivity index (χ1v) is 7.85. The molecule has 0 spiro atoms. The number of hydrogen-bond acceptors (Lipinski definition) is 6. The number of para-hydroxylation sites is 2. The Labute approximate surface area is 148 Å². The van der Waals surface area contributed by atoms with Crippen molar-refractivity contribution < 1.29 is 14.5 Å². The number of rotatable bonds is 6. The maximum atomic E-state index is 12.8. The molecule has 8 heteroatoms. The van der Waals surface area contributed by atoms with Gasteiger partial charge in [0.2, 0.25) is 0 Å². The zero-order chi connectivity index (χ0) is 18.7. The molecule has 1 heterocycles. The van der Waals surface area contributed by atoms with Crippen molar-refractivity contribution in [2.45, 2.75) is 12.8 Å². The molecule has 0 saturated carbocycles. The summed E-state index contributed by atoms with van der Waals surface area (Å²) in [4.78, 5) is 30.6. The van der Waals surface area contributed by atoms with Gasteiger partial charge in [-0.2, -0.15) is 5.26 Å². The number of aromatic amines is 1. The molecule has 0 aliphatic rings. The molecule has 1 atom stereocenters. The lowest BCUT2D eigenvalue weighted by atomic mass is 9.97. The van der Waals surface area contributed by atoms with Crippen LogP contribution in [0.15, 0.2) is 42.5 Å². The minimum atomic E-state index is -1.19. The zero-order valence-corrected chi connectivity index (χ0v) is 13.8. The summed E-state index contributed by atoms with van der Waals surface area (Å²) in [5.74, 6) is -1.49. The number of imidazole rings is 1. The van der Waals surface area contributed by atoms with Crippen molar-refractivity contribution in [1.29, 1.82) is 5.26 Å². The number of benzene rings is 2. The van der Waals surface area contributed by atoms with Crippen LogP contribution in [0.25, 0.3) is 11.0 Å². The zero-order valence-electron chi connectivity index (χ0n) is 13.8. The van der Waals surface area contributed by atoms with Crippen molar-refractivity contribution in [3.8, 4) is 11.8 Å². The van der Waals surface area contributed by atoms with Crippen LogP contribution in [0, 0.1) is 21.4 Å². The lowest BCUT2D eigenvalue weighted by Crippen LogP contribution is -2.13. The fourth-order valence-electron chi connectivity index (χ4n) is 2.61. The van der Waals surface area contributed by atoms with E-state index in [9.17, 15) is 20.2 Å². The Morgan fingerprint density at radius 1 is 1.38 bits per heavy atom. The van der Waals surface area contributed by atoms with E-state index in [1.54, 1.807) is 25.1 Å². The van der Waals surface area contributed by atoms with E-state index in [0.29, 0.717) is 11.0 Å². The van der Waals surface area contributed by atoms with E-state index < -0.39 is 16.6 Å². The third-order valence-electron chi connectivity index (χ3n) is 3.81. The van der Waals surface area contributed by atoms with Gasteiger partial charge in [0.1, 0.15) is 5.82 Å². The fourth-order valence-corrected chi connectivity index (χ4v) is 2.61. The molecule has 0 radical (unpaired) electrons. The van der Waals surface area contributed by atoms with Crippen molar-refractivity contribution in [2.24, 2.45) is 0 Å². The van der Waals surface area contributed by atoms with Crippen LogP contribution in [0.2, 0.25) is 0 Å². The molecule has 130 valence electrons. The highest BCUT2D eigenvalue weighted by atomic mass is 16.6. The second-order valence-corrected chi connectivity index (χ2v) is 5.44. The summed E-state index contributed by atoms with van der Waals surface area (Å²) in [6.07, 6.45) is 0. The Morgan fingerprint density at radius 2 is 2.15 bits per heavy atom. The number of nitro groups is 1. The van der Waals surface area contributed by atoms with E-state index in [1.165, 1.54) is 12.1 Å². The summed E-state index contributed by atoms with van der Waals surface area (Å²) < 4.78 is 5.21. The molecule has 3 aromatic rings. The van der Waals surface area contributed by atoms with Crippen LogP contribution in [0.3, 0.4) is 0 Å². The number of nitro benzene ring substituents is 1. The quantitative estimate of drug-likeness (QED) is 0.413. The van der Waals surface area contributed by atoms with E-state index in [-0.39, 0.29) is 29.4 Å². The van der Waals surface area contributed by atoms with E-state index in [2.05, 4.69) is 9.97 Å². The lowest BCUT2D eigenvalue weighted by Gasteiger charge is -2.08. The maximum Gasteiger partial charge on any atom is 0.311 e. The number of nitrogens with zero attached hydrogens (tertiary/aromatic N) is 3. The third-order valence-corrected chi connectivity index (χ3v) is 3.81. The SMILES string of the molecule is CCOc1ccc(C(=O)C(C#N)c2nc3ccccc3[nH]2)cc1[N+](=O)[O-]. The Bertz CT molecular complexity index is 1000. The van der Waals surface area contributed by atoms with Gasteiger partial charge in [-0.15, -0.1) is 0 Å². The molecule has 0 aliphatic carbocycles. The number of Topliss-reactive ketones (excluding diaryl/α,β-unsaturated/α-hetero) is 1. The van der Waals surface area contributed by atoms with Gasteiger partial charge in [0, 0.05) is 11.6 Å². The van der Waals surface area contributed by atoms with Crippen molar-refractivity contribution in [3.05, 3.63) is 64.0 Å². The summed E-state index contributed by atoms with van der Waals surface area (Å²) in [6, 6.07) is 13.0. The van der Waals surface area contributed by atoms with E-state index in [0.717, 1.165) is 6.07 Å². The summed E-state index contributed by atoms with van der Waals surface area (Å²) in [5.41, 5.74) is 1.06. The smallest absolute Gasteiger partial charge is 0.311 e. The second kappa shape index (κ2) is 7.03. The highest BCUT2D eigenvalue weighted by Gasteiger charge is 2.27. The van der Waals surface area contributed by atoms with Crippen LogP contribution >= 0.6 is 0 Å². The highest BCUT2D eigenvalue weighted by Crippen LogP contribution is 2.30. The number of fused-ring (bicyclic) bond motifs is 1. The number of carbonyl (C=O) groups excluding carboxylic acids is 1. The molecular formula is C18H14N4O4. The van der Waals surface area contributed by atoms with Gasteiger partial charge < -0.3 is 9.72 Å². The van der Waals surface area contributed by atoms with Crippen LogP contribution in [0.4, 0.5) is 5.69 Å². The van der Waals surface area contributed by atoms with Gasteiger partial charge in [-0.05, 0) is 31.2 Å². The highest BCUT2D eigenvalue weighted by molar-refractivity contribution is 6.03. The predicted molar refractivity (Wildman–Crippen MR) is 93.0 cm³/mol.